The lowest BCUT2D eigenvalue weighted by Gasteiger charge is -2.04. The van der Waals surface area contributed by atoms with Crippen LogP contribution in [0, 0.1) is 6.92 Å². The van der Waals surface area contributed by atoms with E-state index < -0.39 is 0 Å². The average Bonchev–Trinajstić information content (AvgIpc) is 2.69. The van der Waals surface area contributed by atoms with Crippen molar-refractivity contribution in [2.45, 2.75) is 17.6 Å². The summed E-state index contributed by atoms with van der Waals surface area (Å²) in [5, 5.41) is 2.07. The van der Waals surface area contributed by atoms with Gasteiger partial charge in [0.2, 0.25) is 0 Å². The number of nitrogens with zero attached hydrogens (tertiary/aromatic N) is 1. The van der Waals surface area contributed by atoms with Gasteiger partial charge < -0.3 is 5.73 Å². The highest BCUT2D eigenvalue weighted by atomic mass is 32.2. The number of thiazole rings is 1. The van der Waals surface area contributed by atoms with Crippen molar-refractivity contribution in [3.63, 3.8) is 0 Å². The third kappa shape index (κ3) is 2.73. The monoisotopic (exact) mass is 236 g/mol. The Balaban J connectivity index is 2.05. The quantitative estimate of drug-likeness (QED) is 0.656. The van der Waals surface area contributed by atoms with Crippen molar-refractivity contribution >= 4 is 28.8 Å². The first kappa shape index (κ1) is 10.5. The fourth-order valence-electron chi connectivity index (χ4n) is 1.26. The zero-order chi connectivity index (χ0) is 10.7. The van der Waals surface area contributed by atoms with Gasteiger partial charge in [-0.3, -0.25) is 0 Å². The Morgan fingerprint density at radius 3 is 3.00 bits per heavy atom. The Morgan fingerprint density at radius 2 is 2.33 bits per heavy atom. The Morgan fingerprint density at radius 1 is 1.47 bits per heavy atom. The first-order valence-electron chi connectivity index (χ1n) is 4.61. The van der Waals surface area contributed by atoms with Gasteiger partial charge in [0.25, 0.3) is 0 Å². The fourth-order valence-corrected chi connectivity index (χ4v) is 2.77. The summed E-state index contributed by atoms with van der Waals surface area (Å²) in [4.78, 5) is 5.37. The number of nitrogen functional groups attached to an aromatic ring is 1. The average molecular weight is 236 g/mol. The summed E-state index contributed by atoms with van der Waals surface area (Å²) in [5.41, 5.74) is 10.9. The number of nitrogens with two attached hydrogens (primary N) is 1. The predicted octanol–water partition coefficient (Wildman–Crippen LogP) is 3.33. The van der Waals surface area contributed by atoms with Crippen molar-refractivity contribution in [1.29, 1.82) is 0 Å². The molecule has 0 aliphatic rings. The minimum absolute atomic E-state index is 0.857. The van der Waals surface area contributed by atoms with Crippen molar-refractivity contribution in [2.75, 3.05) is 5.73 Å². The van der Waals surface area contributed by atoms with Gasteiger partial charge in [0, 0.05) is 21.7 Å². The summed E-state index contributed by atoms with van der Waals surface area (Å²) in [5.74, 6) is 0.886. The van der Waals surface area contributed by atoms with Crippen LogP contribution in [0.15, 0.2) is 34.0 Å². The molecule has 0 fully saturated rings. The van der Waals surface area contributed by atoms with E-state index in [0.717, 1.165) is 22.0 Å². The molecule has 0 aliphatic carbocycles. The van der Waals surface area contributed by atoms with E-state index in [4.69, 9.17) is 5.73 Å². The van der Waals surface area contributed by atoms with Gasteiger partial charge in [-0.2, -0.15) is 0 Å². The molecule has 15 heavy (non-hydrogen) atoms. The summed E-state index contributed by atoms with van der Waals surface area (Å²) < 4.78 is 0. The van der Waals surface area contributed by atoms with E-state index in [1.165, 1.54) is 5.56 Å². The molecule has 1 aromatic heterocycles. The van der Waals surface area contributed by atoms with Crippen molar-refractivity contribution < 1.29 is 0 Å². The normalized spacial score (nSPS) is 10.5. The second-order valence-electron chi connectivity index (χ2n) is 3.31. The maximum atomic E-state index is 5.92. The molecule has 78 valence electrons. The highest BCUT2D eigenvalue weighted by Crippen LogP contribution is 2.28. The Kier molecular flexibility index (Phi) is 3.28. The summed E-state index contributed by atoms with van der Waals surface area (Å²) in [7, 11) is 0. The number of thioether (sulfide) groups is 1. The van der Waals surface area contributed by atoms with E-state index in [1.807, 2.05) is 18.5 Å². The number of anilines is 1. The highest BCUT2D eigenvalue weighted by Gasteiger charge is 2.01. The number of hydrogen-bond donors (Lipinski definition) is 1. The number of benzene rings is 1. The summed E-state index contributed by atoms with van der Waals surface area (Å²) in [6.07, 6.45) is 0. The van der Waals surface area contributed by atoms with Gasteiger partial charge in [-0.1, -0.05) is 6.07 Å². The van der Waals surface area contributed by atoms with E-state index in [1.54, 1.807) is 23.1 Å². The molecule has 0 radical (unpaired) electrons. The number of hydrogen-bond acceptors (Lipinski definition) is 4. The number of aromatic nitrogens is 1. The van der Waals surface area contributed by atoms with Crippen molar-refractivity contribution in [1.82, 2.24) is 4.98 Å². The predicted molar refractivity (Wildman–Crippen MR) is 67.3 cm³/mol. The van der Waals surface area contributed by atoms with Gasteiger partial charge in [0.1, 0.15) is 0 Å². The lowest BCUT2D eigenvalue weighted by Crippen LogP contribution is -1.90. The molecular formula is C11H12N2S2. The molecule has 0 saturated carbocycles. The van der Waals surface area contributed by atoms with Crippen LogP contribution in [0.2, 0.25) is 0 Å². The largest absolute Gasteiger partial charge is 0.398 e. The molecule has 1 heterocycles. The van der Waals surface area contributed by atoms with Crippen LogP contribution >= 0.6 is 23.1 Å². The minimum atomic E-state index is 0.857. The lowest BCUT2D eigenvalue weighted by atomic mass is 10.2. The third-order valence-electron chi connectivity index (χ3n) is 2.02. The zero-order valence-electron chi connectivity index (χ0n) is 8.43. The Labute approximate surface area is 97.5 Å². The standard InChI is InChI=1S/C11H12N2S2/c1-8-2-3-11(10(12)4-8)15-6-9-5-14-7-13-9/h2-5,7H,6,12H2,1H3. The van der Waals surface area contributed by atoms with E-state index in [0.29, 0.717) is 0 Å². The van der Waals surface area contributed by atoms with Crippen LogP contribution in [0.4, 0.5) is 5.69 Å². The van der Waals surface area contributed by atoms with Crippen molar-refractivity contribution in [2.24, 2.45) is 0 Å². The van der Waals surface area contributed by atoms with Crippen LogP contribution in [0.1, 0.15) is 11.3 Å². The molecule has 0 aliphatic heterocycles. The van der Waals surface area contributed by atoms with Gasteiger partial charge in [0.05, 0.1) is 11.2 Å². The first-order chi connectivity index (χ1) is 7.25. The highest BCUT2D eigenvalue weighted by molar-refractivity contribution is 7.98. The van der Waals surface area contributed by atoms with E-state index >= 15 is 0 Å². The van der Waals surface area contributed by atoms with Gasteiger partial charge in [-0.15, -0.1) is 23.1 Å². The third-order valence-corrected chi connectivity index (χ3v) is 3.78. The maximum Gasteiger partial charge on any atom is 0.0795 e. The SMILES string of the molecule is Cc1ccc(SCc2cscn2)c(N)c1. The number of aryl methyl sites for hydroxylation is 1. The minimum Gasteiger partial charge on any atom is -0.398 e. The molecule has 2 nitrogen and oxygen atoms in total. The van der Waals surface area contributed by atoms with Crippen molar-refractivity contribution in [3.8, 4) is 0 Å². The Hall–Kier alpha value is -1.00. The molecule has 2 N–H and O–H groups in total. The smallest absolute Gasteiger partial charge is 0.0795 e. The molecule has 0 saturated heterocycles. The summed E-state index contributed by atoms with van der Waals surface area (Å²) in [6.45, 7) is 2.05. The summed E-state index contributed by atoms with van der Waals surface area (Å²) in [6, 6.07) is 6.16. The topological polar surface area (TPSA) is 38.9 Å². The molecule has 0 spiro atoms. The van der Waals surface area contributed by atoms with Gasteiger partial charge >= 0.3 is 0 Å². The molecular weight excluding hydrogens is 224 g/mol. The molecule has 2 aromatic rings. The Bertz CT molecular complexity index is 438. The van der Waals surface area contributed by atoms with Crippen LogP contribution in [-0.4, -0.2) is 4.98 Å². The molecule has 4 heteroatoms. The second-order valence-corrected chi connectivity index (χ2v) is 5.05. The number of rotatable bonds is 3. The second kappa shape index (κ2) is 4.68. The van der Waals surface area contributed by atoms with E-state index in [9.17, 15) is 0 Å². The van der Waals surface area contributed by atoms with Gasteiger partial charge in [-0.05, 0) is 24.6 Å². The van der Waals surface area contributed by atoms with Crippen LogP contribution in [0.5, 0.6) is 0 Å². The molecule has 0 atom stereocenters. The lowest BCUT2D eigenvalue weighted by molar-refractivity contribution is 1.23. The molecule has 1 aromatic carbocycles. The van der Waals surface area contributed by atoms with Crippen LogP contribution in [0.3, 0.4) is 0 Å². The van der Waals surface area contributed by atoms with Crippen LogP contribution < -0.4 is 5.73 Å². The molecule has 0 amide bonds. The molecule has 0 unspecified atom stereocenters. The van der Waals surface area contributed by atoms with Crippen LogP contribution in [-0.2, 0) is 5.75 Å². The van der Waals surface area contributed by atoms with E-state index in [-0.39, 0.29) is 0 Å². The van der Waals surface area contributed by atoms with Crippen molar-refractivity contribution in [3.05, 3.63) is 40.3 Å². The fraction of sp³-hybridized carbons (Fsp3) is 0.182. The maximum absolute atomic E-state index is 5.92. The molecule has 2 rings (SSSR count). The zero-order valence-corrected chi connectivity index (χ0v) is 10.1. The van der Waals surface area contributed by atoms with E-state index in [2.05, 4.69) is 22.5 Å². The summed E-state index contributed by atoms with van der Waals surface area (Å²) >= 11 is 3.36. The van der Waals surface area contributed by atoms with Gasteiger partial charge in [0.15, 0.2) is 0 Å². The first-order valence-corrected chi connectivity index (χ1v) is 6.54. The molecule has 0 bridgehead atoms. The van der Waals surface area contributed by atoms with Crippen LogP contribution in [0.25, 0.3) is 0 Å². The van der Waals surface area contributed by atoms with Gasteiger partial charge in [-0.25, -0.2) is 4.98 Å².